The van der Waals surface area contributed by atoms with Gasteiger partial charge in [0.15, 0.2) is 12.0 Å². The van der Waals surface area contributed by atoms with Gasteiger partial charge in [-0.1, -0.05) is 37.6 Å². The van der Waals surface area contributed by atoms with E-state index in [0.29, 0.717) is 47.0 Å². The van der Waals surface area contributed by atoms with Crippen LogP contribution in [-0.2, 0) is 0 Å². The molecule has 6 nitrogen and oxygen atoms in total. The smallest absolute Gasteiger partial charge is 0.259 e. The highest BCUT2D eigenvalue weighted by atomic mass is 35.5. The van der Waals surface area contributed by atoms with Crippen molar-refractivity contribution in [1.29, 1.82) is 0 Å². The van der Waals surface area contributed by atoms with E-state index in [4.69, 9.17) is 16.3 Å². The highest BCUT2D eigenvalue weighted by molar-refractivity contribution is 6.33. The highest BCUT2D eigenvalue weighted by Crippen LogP contribution is 2.38. The number of para-hydroxylation sites is 1. The van der Waals surface area contributed by atoms with Gasteiger partial charge >= 0.3 is 0 Å². The van der Waals surface area contributed by atoms with Crippen LogP contribution in [0.15, 0.2) is 54.7 Å². The molecule has 0 bridgehead atoms. The normalized spacial score (nSPS) is 12.1. The number of carbonyl (C=O) groups is 2. The van der Waals surface area contributed by atoms with E-state index in [1.165, 1.54) is 6.07 Å². The van der Waals surface area contributed by atoms with Crippen molar-refractivity contribution in [3.63, 3.8) is 0 Å². The number of amides is 1. The zero-order chi connectivity index (χ0) is 22.4. The molecule has 0 fully saturated rings. The number of nitrogens with one attached hydrogen (secondary N) is 1. The first-order valence-electron chi connectivity index (χ1n) is 10.1. The standard InChI is InChI=1S/C22H18ClN3O3.C2H6/c1-14-5-8-20(24-12-14)26-9-10-29-21-17(3-2-4-19(21)26)22(28)25-16-6-7-18(23)15(11-16)13-27;1-2/h2-8,11-13H,9-10H2,1H3,(H,25,28);1-2H3. The molecule has 0 unspecified atom stereocenters. The van der Waals surface area contributed by atoms with Gasteiger partial charge in [0.25, 0.3) is 5.91 Å². The summed E-state index contributed by atoms with van der Waals surface area (Å²) in [6.45, 7) is 7.05. The number of aryl methyl sites for hydroxylation is 1. The molecule has 1 N–H and O–H groups in total. The van der Waals surface area contributed by atoms with Crippen molar-refractivity contribution in [2.24, 2.45) is 0 Å². The summed E-state index contributed by atoms with van der Waals surface area (Å²) in [6.07, 6.45) is 2.46. The molecule has 0 saturated carbocycles. The summed E-state index contributed by atoms with van der Waals surface area (Å²) < 4.78 is 5.85. The molecule has 1 aliphatic rings. The van der Waals surface area contributed by atoms with Crippen molar-refractivity contribution in [2.45, 2.75) is 20.8 Å². The fourth-order valence-electron chi connectivity index (χ4n) is 3.20. The quantitative estimate of drug-likeness (QED) is 0.533. The number of halogens is 1. The van der Waals surface area contributed by atoms with Gasteiger partial charge in [0.2, 0.25) is 0 Å². The number of ether oxygens (including phenoxy) is 1. The number of anilines is 3. The lowest BCUT2D eigenvalue weighted by Gasteiger charge is -2.31. The van der Waals surface area contributed by atoms with Gasteiger partial charge in [-0.25, -0.2) is 4.98 Å². The molecule has 31 heavy (non-hydrogen) atoms. The topological polar surface area (TPSA) is 71.5 Å². The Hall–Kier alpha value is -3.38. The van der Waals surface area contributed by atoms with Crippen LogP contribution in [0.5, 0.6) is 5.75 Å². The lowest BCUT2D eigenvalue weighted by molar-refractivity contribution is 0.102. The molecule has 0 radical (unpaired) electrons. The molecule has 4 rings (SSSR count). The van der Waals surface area contributed by atoms with Crippen molar-refractivity contribution in [3.05, 3.63) is 76.4 Å². The van der Waals surface area contributed by atoms with Crippen LogP contribution in [0.1, 0.15) is 40.1 Å². The maximum Gasteiger partial charge on any atom is 0.259 e. The fraction of sp³-hybridized carbons (Fsp3) is 0.208. The summed E-state index contributed by atoms with van der Waals surface area (Å²) >= 11 is 5.95. The van der Waals surface area contributed by atoms with Gasteiger partial charge in [0.1, 0.15) is 12.4 Å². The average Bonchev–Trinajstić information content (AvgIpc) is 2.81. The minimum atomic E-state index is -0.334. The third-order valence-electron chi connectivity index (χ3n) is 4.64. The van der Waals surface area contributed by atoms with E-state index in [-0.39, 0.29) is 5.91 Å². The Kier molecular flexibility index (Phi) is 7.26. The summed E-state index contributed by atoms with van der Waals surface area (Å²) in [4.78, 5) is 30.5. The van der Waals surface area contributed by atoms with Crippen molar-refractivity contribution in [1.82, 2.24) is 4.98 Å². The Bertz CT molecular complexity index is 1080. The van der Waals surface area contributed by atoms with Gasteiger partial charge in [-0.3, -0.25) is 9.59 Å². The van der Waals surface area contributed by atoms with Crippen LogP contribution in [0.25, 0.3) is 0 Å². The number of aldehydes is 1. The van der Waals surface area contributed by atoms with E-state index in [0.717, 1.165) is 17.1 Å². The molecule has 3 aromatic rings. The maximum atomic E-state index is 12.9. The second kappa shape index (κ2) is 10.1. The number of pyridine rings is 1. The van der Waals surface area contributed by atoms with Crippen molar-refractivity contribution >= 4 is 41.0 Å². The van der Waals surface area contributed by atoms with Crippen LogP contribution in [0, 0.1) is 6.92 Å². The number of aromatic nitrogens is 1. The summed E-state index contributed by atoms with van der Waals surface area (Å²) in [5, 5.41) is 3.13. The predicted octanol–water partition coefficient (Wildman–Crippen LogP) is 5.66. The van der Waals surface area contributed by atoms with Gasteiger partial charge in [-0.15, -0.1) is 0 Å². The largest absolute Gasteiger partial charge is 0.489 e. The summed E-state index contributed by atoms with van der Waals surface area (Å²) in [5.74, 6) is 0.967. The Balaban J connectivity index is 0.00000132. The molecule has 0 atom stereocenters. The number of fused-ring (bicyclic) bond motifs is 1. The molecule has 2 heterocycles. The Labute approximate surface area is 186 Å². The molecule has 0 spiro atoms. The Morgan fingerprint density at radius 3 is 2.71 bits per heavy atom. The number of carbonyl (C=O) groups excluding carboxylic acids is 2. The third-order valence-corrected chi connectivity index (χ3v) is 4.99. The number of benzene rings is 2. The zero-order valence-corrected chi connectivity index (χ0v) is 18.4. The maximum absolute atomic E-state index is 12.9. The van der Waals surface area contributed by atoms with Crippen LogP contribution in [-0.4, -0.2) is 30.3 Å². The zero-order valence-electron chi connectivity index (χ0n) is 17.7. The molecule has 1 amide bonds. The van der Waals surface area contributed by atoms with Gasteiger partial charge < -0.3 is 15.0 Å². The Morgan fingerprint density at radius 1 is 1.19 bits per heavy atom. The van der Waals surface area contributed by atoms with Crippen molar-refractivity contribution < 1.29 is 14.3 Å². The SMILES string of the molecule is CC.Cc1ccc(N2CCOc3c(C(=O)Nc4ccc(Cl)c(C=O)c4)cccc32)nc1. The second-order valence-electron chi connectivity index (χ2n) is 6.66. The van der Waals surface area contributed by atoms with E-state index in [1.807, 2.05) is 56.1 Å². The minimum Gasteiger partial charge on any atom is -0.489 e. The van der Waals surface area contributed by atoms with Crippen molar-refractivity contribution in [2.75, 3.05) is 23.4 Å². The first-order chi connectivity index (χ1) is 15.1. The number of nitrogens with zero attached hydrogens (tertiary/aromatic N) is 2. The molecule has 1 aliphatic heterocycles. The fourth-order valence-corrected chi connectivity index (χ4v) is 3.36. The van der Waals surface area contributed by atoms with Gasteiger partial charge in [-0.2, -0.15) is 0 Å². The minimum absolute atomic E-state index is 0.312. The van der Waals surface area contributed by atoms with Crippen LogP contribution in [0.2, 0.25) is 5.02 Å². The highest BCUT2D eigenvalue weighted by Gasteiger charge is 2.25. The molecule has 1 aromatic heterocycles. The monoisotopic (exact) mass is 437 g/mol. The van der Waals surface area contributed by atoms with Gasteiger partial charge in [0, 0.05) is 17.4 Å². The molecule has 2 aromatic carbocycles. The Morgan fingerprint density at radius 2 is 2.00 bits per heavy atom. The summed E-state index contributed by atoms with van der Waals surface area (Å²) in [6, 6.07) is 14.1. The van der Waals surface area contributed by atoms with E-state index >= 15 is 0 Å². The number of rotatable bonds is 4. The molecular weight excluding hydrogens is 414 g/mol. The van der Waals surface area contributed by atoms with E-state index < -0.39 is 0 Å². The lowest BCUT2D eigenvalue weighted by Crippen LogP contribution is -2.30. The lowest BCUT2D eigenvalue weighted by atomic mass is 10.1. The van der Waals surface area contributed by atoms with Crippen LogP contribution in [0.3, 0.4) is 0 Å². The van der Waals surface area contributed by atoms with Gasteiger partial charge in [-0.05, 0) is 48.9 Å². The molecule has 160 valence electrons. The van der Waals surface area contributed by atoms with E-state index in [1.54, 1.807) is 18.2 Å². The van der Waals surface area contributed by atoms with E-state index in [9.17, 15) is 9.59 Å². The van der Waals surface area contributed by atoms with Gasteiger partial charge in [0.05, 0.1) is 22.8 Å². The molecule has 0 saturated heterocycles. The van der Waals surface area contributed by atoms with Crippen molar-refractivity contribution in [3.8, 4) is 5.75 Å². The van der Waals surface area contributed by atoms with E-state index in [2.05, 4.69) is 10.3 Å². The van der Waals surface area contributed by atoms with Crippen LogP contribution < -0.4 is 15.0 Å². The summed E-state index contributed by atoms with van der Waals surface area (Å²) in [5.41, 5.74) is 3.05. The molecule has 0 aliphatic carbocycles. The predicted molar refractivity (Wildman–Crippen MR) is 124 cm³/mol. The first kappa shape index (κ1) is 22.3. The van der Waals surface area contributed by atoms with Crippen LogP contribution in [0.4, 0.5) is 17.2 Å². The first-order valence-corrected chi connectivity index (χ1v) is 10.5. The van der Waals surface area contributed by atoms with Crippen LogP contribution >= 0.6 is 11.6 Å². The average molecular weight is 438 g/mol. The number of hydrogen-bond acceptors (Lipinski definition) is 5. The summed E-state index contributed by atoms with van der Waals surface area (Å²) in [7, 11) is 0. The second-order valence-corrected chi connectivity index (χ2v) is 7.06. The molecular formula is C24H24ClN3O3. The number of hydrogen-bond donors (Lipinski definition) is 1. The molecule has 7 heteroatoms. The third kappa shape index (κ3) is 4.86.